The van der Waals surface area contributed by atoms with Crippen molar-refractivity contribution in [1.29, 1.82) is 0 Å². The second-order valence-corrected chi connectivity index (χ2v) is 7.29. The van der Waals surface area contributed by atoms with E-state index in [1.807, 2.05) is 12.1 Å². The highest BCUT2D eigenvalue weighted by Crippen LogP contribution is 2.31. The fourth-order valence-corrected chi connectivity index (χ4v) is 2.51. The molecule has 0 amide bonds. The second-order valence-electron chi connectivity index (χ2n) is 7.29. The Kier molecular flexibility index (Phi) is 4.53. The van der Waals surface area contributed by atoms with Crippen molar-refractivity contribution in [3.05, 3.63) is 58.8 Å². The van der Waals surface area contributed by atoms with E-state index in [2.05, 4.69) is 20.8 Å². The SMILES string of the molecule is CC(C)(C)CCOc1ccc(-c2oc3ccccc3c(=O)c2O)cc1. The van der Waals surface area contributed by atoms with Gasteiger partial charge in [0.05, 0.1) is 12.0 Å². The average molecular weight is 338 g/mol. The Hall–Kier alpha value is -2.75. The quantitative estimate of drug-likeness (QED) is 0.729. The maximum atomic E-state index is 12.3. The molecule has 0 fully saturated rings. The summed E-state index contributed by atoms with van der Waals surface area (Å²) in [5, 5.41) is 10.6. The Balaban J connectivity index is 1.86. The third kappa shape index (κ3) is 3.85. The van der Waals surface area contributed by atoms with Gasteiger partial charge < -0.3 is 14.3 Å². The molecule has 2 aromatic carbocycles. The first-order chi connectivity index (χ1) is 11.8. The monoisotopic (exact) mass is 338 g/mol. The zero-order valence-electron chi connectivity index (χ0n) is 14.7. The van der Waals surface area contributed by atoms with Crippen LogP contribution in [0.15, 0.2) is 57.7 Å². The van der Waals surface area contributed by atoms with Crippen LogP contribution in [0, 0.1) is 5.41 Å². The Morgan fingerprint density at radius 3 is 2.40 bits per heavy atom. The minimum Gasteiger partial charge on any atom is -0.502 e. The molecule has 4 nitrogen and oxygen atoms in total. The molecule has 3 aromatic rings. The number of ether oxygens (including phenoxy) is 1. The number of hydrogen-bond donors (Lipinski definition) is 1. The lowest BCUT2D eigenvalue weighted by Crippen LogP contribution is -2.11. The number of aromatic hydroxyl groups is 1. The molecule has 0 aliphatic carbocycles. The number of fused-ring (bicyclic) bond motifs is 1. The van der Waals surface area contributed by atoms with Crippen molar-refractivity contribution in [3.8, 4) is 22.8 Å². The average Bonchev–Trinajstić information content (AvgIpc) is 2.58. The Bertz CT molecular complexity index is 931. The molecule has 1 aromatic heterocycles. The largest absolute Gasteiger partial charge is 0.502 e. The van der Waals surface area contributed by atoms with Crippen molar-refractivity contribution in [2.75, 3.05) is 6.61 Å². The fourth-order valence-electron chi connectivity index (χ4n) is 2.51. The highest BCUT2D eigenvalue weighted by molar-refractivity contribution is 5.81. The Morgan fingerprint density at radius 1 is 1.04 bits per heavy atom. The van der Waals surface area contributed by atoms with Crippen LogP contribution in [-0.4, -0.2) is 11.7 Å². The summed E-state index contributed by atoms with van der Waals surface area (Å²) in [4.78, 5) is 12.3. The summed E-state index contributed by atoms with van der Waals surface area (Å²) in [5.41, 5.74) is 0.872. The van der Waals surface area contributed by atoms with Gasteiger partial charge in [0.1, 0.15) is 11.3 Å². The Labute approximate surface area is 146 Å². The number of para-hydroxylation sites is 1. The van der Waals surface area contributed by atoms with Crippen LogP contribution in [0.5, 0.6) is 11.5 Å². The third-order valence-electron chi connectivity index (χ3n) is 4.01. The minimum absolute atomic E-state index is 0.171. The van der Waals surface area contributed by atoms with Gasteiger partial charge in [-0.05, 0) is 48.2 Å². The van der Waals surface area contributed by atoms with Gasteiger partial charge in [0.15, 0.2) is 5.76 Å². The van der Waals surface area contributed by atoms with Gasteiger partial charge in [-0.1, -0.05) is 32.9 Å². The van der Waals surface area contributed by atoms with Crippen LogP contribution < -0.4 is 10.2 Å². The molecule has 4 heteroatoms. The van der Waals surface area contributed by atoms with E-state index in [0.29, 0.717) is 23.1 Å². The minimum atomic E-state index is -0.428. The lowest BCUT2D eigenvalue weighted by molar-refractivity contribution is 0.243. The molecule has 130 valence electrons. The standard InChI is InChI=1S/C21H22O4/c1-21(2,3)12-13-24-15-10-8-14(9-11-15)20-19(23)18(22)16-6-4-5-7-17(16)25-20/h4-11,23H,12-13H2,1-3H3. The van der Waals surface area contributed by atoms with Crippen LogP contribution in [0.25, 0.3) is 22.3 Å². The van der Waals surface area contributed by atoms with Crippen molar-refractivity contribution in [3.63, 3.8) is 0 Å². The summed E-state index contributed by atoms with van der Waals surface area (Å²) < 4.78 is 11.5. The second kappa shape index (κ2) is 6.63. The lowest BCUT2D eigenvalue weighted by atomic mass is 9.93. The van der Waals surface area contributed by atoms with Gasteiger partial charge in [-0.25, -0.2) is 0 Å². The van der Waals surface area contributed by atoms with Crippen molar-refractivity contribution in [2.45, 2.75) is 27.2 Å². The molecule has 0 unspecified atom stereocenters. The van der Waals surface area contributed by atoms with Crippen molar-refractivity contribution in [1.82, 2.24) is 0 Å². The van der Waals surface area contributed by atoms with E-state index < -0.39 is 5.43 Å². The molecule has 0 spiro atoms. The molecule has 25 heavy (non-hydrogen) atoms. The fraction of sp³-hybridized carbons (Fsp3) is 0.286. The first-order valence-electron chi connectivity index (χ1n) is 8.33. The highest BCUT2D eigenvalue weighted by atomic mass is 16.5. The maximum Gasteiger partial charge on any atom is 0.235 e. The molecule has 0 saturated heterocycles. The summed E-state index contributed by atoms with van der Waals surface area (Å²) in [6.07, 6.45) is 0.953. The molecule has 0 atom stereocenters. The van der Waals surface area contributed by atoms with Crippen LogP contribution in [0.4, 0.5) is 0 Å². The van der Waals surface area contributed by atoms with Crippen LogP contribution in [0.3, 0.4) is 0 Å². The zero-order chi connectivity index (χ0) is 18.0. The summed E-state index contributed by atoms with van der Waals surface area (Å²) in [6.45, 7) is 7.15. The molecular formula is C21H22O4. The van der Waals surface area contributed by atoms with E-state index in [1.54, 1.807) is 36.4 Å². The van der Waals surface area contributed by atoms with Gasteiger partial charge in [0, 0.05) is 5.56 Å². The van der Waals surface area contributed by atoms with Crippen molar-refractivity contribution in [2.24, 2.45) is 5.41 Å². The highest BCUT2D eigenvalue weighted by Gasteiger charge is 2.15. The first-order valence-corrected chi connectivity index (χ1v) is 8.33. The zero-order valence-corrected chi connectivity index (χ0v) is 14.7. The van der Waals surface area contributed by atoms with E-state index >= 15 is 0 Å². The van der Waals surface area contributed by atoms with E-state index in [4.69, 9.17) is 9.15 Å². The molecule has 0 saturated carbocycles. The molecular weight excluding hydrogens is 316 g/mol. The molecule has 1 N–H and O–H groups in total. The van der Waals surface area contributed by atoms with E-state index in [0.717, 1.165) is 12.2 Å². The number of hydrogen-bond acceptors (Lipinski definition) is 4. The summed E-state index contributed by atoms with van der Waals surface area (Å²) in [7, 11) is 0. The predicted molar refractivity (Wildman–Crippen MR) is 99.2 cm³/mol. The van der Waals surface area contributed by atoms with Crippen LogP contribution >= 0.6 is 0 Å². The smallest absolute Gasteiger partial charge is 0.235 e. The van der Waals surface area contributed by atoms with Crippen LogP contribution in [0.1, 0.15) is 27.2 Å². The van der Waals surface area contributed by atoms with E-state index in [-0.39, 0.29) is 16.9 Å². The lowest BCUT2D eigenvalue weighted by Gasteiger charge is -2.18. The number of benzene rings is 2. The molecule has 0 aliphatic heterocycles. The van der Waals surface area contributed by atoms with Crippen LogP contribution in [-0.2, 0) is 0 Å². The molecule has 3 rings (SSSR count). The van der Waals surface area contributed by atoms with Gasteiger partial charge >= 0.3 is 0 Å². The van der Waals surface area contributed by atoms with Crippen molar-refractivity contribution >= 4 is 11.0 Å². The molecule has 0 radical (unpaired) electrons. The van der Waals surface area contributed by atoms with Gasteiger partial charge in [0.25, 0.3) is 0 Å². The summed E-state index contributed by atoms with van der Waals surface area (Å²) in [5.74, 6) is 0.542. The maximum absolute atomic E-state index is 12.3. The summed E-state index contributed by atoms with van der Waals surface area (Å²) >= 11 is 0. The molecule has 0 bridgehead atoms. The third-order valence-corrected chi connectivity index (χ3v) is 4.01. The van der Waals surface area contributed by atoms with Gasteiger partial charge in [0.2, 0.25) is 11.2 Å². The van der Waals surface area contributed by atoms with E-state index in [1.165, 1.54) is 0 Å². The van der Waals surface area contributed by atoms with Crippen LogP contribution in [0.2, 0.25) is 0 Å². The number of rotatable bonds is 4. The molecule has 1 heterocycles. The van der Waals surface area contributed by atoms with Gasteiger partial charge in [-0.15, -0.1) is 0 Å². The molecule has 0 aliphatic rings. The van der Waals surface area contributed by atoms with Crippen molar-refractivity contribution < 1.29 is 14.3 Å². The predicted octanol–water partition coefficient (Wildman–Crippen LogP) is 4.98. The van der Waals surface area contributed by atoms with Gasteiger partial charge in [-0.2, -0.15) is 0 Å². The normalized spacial score (nSPS) is 11.6. The van der Waals surface area contributed by atoms with E-state index in [9.17, 15) is 9.90 Å². The topological polar surface area (TPSA) is 59.7 Å². The first kappa shape index (κ1) is 17.1. The van der Waals surface area contributed by atoms with Gasteiger partial charge in [-0.3, -0.25) is 4.79 Å². The summed E-state index contributed by atoms with van der Waals surface area (Å²) in [6, 6.07) is 14.1. The Morgan fingerprint density at radius 2 is 1.72 bits per heavy atom.